The number of carbonyl (C=O) groups is 1. The van der Waals surface area contributed by atoms with Gasteiger partial charge in [-0.05, 0) is 0 Å². The maximum absolute atomic E-state index is 11.3. The molecule has 0 aliphatic carbocycles. The molecule has 10 nitrogen and oxygen atoms in total. The van der Waals surface area contributed by atoms with Gasteiger partial charge in [0, 0.05) is 6.07 Å². The molecule has 96 valence electrons. The van der Waals surface area contributed by atoms with E-state index in [9.17, 15) is 25.0 Å². The summed E-state index contributed by atoms with van der Waals surface area (Å²) in [5, 5.41) is 21.4. The number of hydrogen-bond donors (Lipinski definition) is 2. The zero-order valence-corrected chi connectivity index (χ0v) is 9.08. The highest BCUT2D eigenvalue weighted by Crippen LogP contribution is 2.39. The third kappa shape index (κ3) is 1.98. The number of methoxy groups -OCH3 is 1. The largest absolute Gasteiger partial charge is 0.465 e. The zero-order chi connectivity index (χ0) is 14.0. The Labute approximate surface area is 99.4 Å². The van der Waals surface area contributed by atoms with E-state index in [1.54, 1.807) is 0 Å². The first-order valence-corrected chi connectivity index (χ1v) is 4.40. The first-order chi connectivity index (χ1) is 8.31. The van der Waals surface area contributed by atoms with Crippen LogP contribution in [-0.4, -0.2) is 22.9 Å². The summed E-state index contributed by atoms with van der Waals surface area (Å²) in [6.45, 7) is 0. The lowest BCUT2D eigenvalue weighted by atomic mass is 10.1. The molecule has 1 rings (SSSR count). The number of nitrogens with two attached hydrogens (primary N) is 2. The van der Waals surface area contributed by atoms with E-state index in [0.29, 0.717) is 0 Å². The molecule has 0 heterocycles. The van der Waals surface area contributed by atoms with Crippen LogP contribution in [0.25, 0.3) is 0 Å². The molecular formula is C8H8N4O6. The van der Waals surface area contributed by atoms with Crippen LogP contribution in [0.3, 0.4) is 0 Å². The number of esters is 1. The van der Waals surface area contributed by atoms with Crippen molar-refractivity contribution >= 4 is 28.7 Å². The van der Waals surface area contributed by atoms with Crippen molar-refractivity contribution in [3.05, 3.63) is 31.9 Å². The summed E-state index contributed by atoms with van der Waals surface area (Å²) < 4.78 is 4.32. The van der Waals surface area contributed by atoms with Crippen LogP contribution in [0.1, 0.15) is 10.4 Å². The van der Waals surface area contributed by atoms with Gasteiger partial charge in [-0.25, -0.2) is 4.79 Å². The van der Waals surface area contributed by atoms with Crippen LogP contribution in [0.2, 0.25) is 0 Å². The lowest BCUT2D eigenvalue weighted by Crippen LogP contribution is -2.11. The number of nitrogen functional groups attached to an aromatic ring is 2. The molecule has 10 heteroatoms. The van der Waals surface area contributed by atoms with Crippen LogP contribution in [-0.2, 0) is 4.74 Å². The topological polar surface area (TPSA) is 165 Å². The Balaban J connectivity index is 3.71. The fourth-order valence-corrected chi connectivity index (χ4v) is 1.31. The van der Waals surface area contributed by atoms with Crippen LogP contribution < -0.4 is 11.5 Å². The quantitative estimate of drug-likeness (QED) is 0.340. The Morgan fingerprint density at radius 3 is 2.17 bits per heavy atom. The number of nitrogens with zero attached hydrogens (tertiary/aromatic N) is 2. The van der Waals surface area contributed by atoms with Crippen molar-refractivity contribution in [3.8, 4) is 0 Å². The molecule has 0 aliphatic rings. The molecule has 0 radical (unpaired) electrons. The second-order valence-electron chi connectivity index (χ2n) is 3.13. The number of rotatable bonds is 3. The molecule has 4 N–H and O–H groups in total. The molecule has 0 spiro atoms. The van der Waals surface area contributed by atoms with Gasteiger partial charge >= 0.3 is 11.7 Å². The van der Waals surface area contributed by atoms with E-state index >= 15 is 0 Å². The Morgan fingerprint density at radius 1 is 1.22 bits per heavy atom. The summed E-state index contributed by atoms with van der Waals surface area (Å²) >= 11 is 0. The Kier molecular flexibility index (Phi) is 3.31. The number of nitro groups is 2. The van der Waals surface area contributed by atoms with Crippen molar-refractivity contribution in [1.29, 1.82) is 0 Å². The van der Waals surface area contributed by atoms with Crippen LogP contribution in [0, 0.1) is 20.2 Å². The van der Waals surface area contributed by atoms with Gasteiger partial charge < -0.3 is 16.2 Å². The third-order valence-corrected chi connectivity index (χ3v) is 2.14. The fourth-order valence-electron chi connectivity index (χ4n) is 1.31. The maximum Gasteiger partial charge on any atom is 0.340 e. The molecule has 18 heavy (non-hydrogen) atoms. The van der Waals surface area contributed by atoms with E-state index in [4.69, 9.17) is 11.5 Å². The number of nitro benzene ring substituents is 2. The van der Waals surface area contributed by atoms with Gasteiger partial charge in [0.25, 0.3) is 5.69 Å². The van der Waals surface area contributed by atoms with Crippen molar-refractivity contribution in [1.82, 2.24) is 0 Å². The lowest BCUT2D eigenvalue weighted by Gasteiger charge is -2.06. The highest BCUT2D eigenvalue weighted by atomic mass is 16.6. The van der Waals surface area contributed by atoms with E-state index in [0.717, 1.165) is 13.2 Å². The van der Waals surface area contributed by atoms with Gasteiger partial charge in [-0.2, -0.15) is 0 Å². The molecule has 0 amide bonds. The van der Waals surface area contributed by atoms with E-state index < -0.39 is 44.1 Å². The summed E-state index contributed by atoms with van der Waals surface area (Å²) in [7, 11) is 1.01. The minimum atomic E-state index is -1.03. The zero-order valence-electron chi connectivity index (χ0n) is 9.08. The average Bonchev–Trinajstić information content (AvgIpc) is 2.27. The van der Waals surface area contributed by atoms with Crippen LogP contribution in [0.15, 0.2) is 6.07 Å². The molecule has 0 aliphatic heterocycles. The van der Waals surface area contributed by atoms with Gasteiger partial charge in [0.15, 0.2) is 5.69 Å². The predicted octanol–water partition coefficient (Wildman–Crippen LogP) is 0.454. The van der Waals surface area contributed by atoms with Gasteiger partial charge in [-0.3, -0.25) is 20.2 Å². The number of benzene rings is 1. The minimum absolute atomic E-state index is 0.481. The molecule has 0 bridgehead atoms. The molecule has 0 aromatic heterocycles. The second kappa shape index (κ2) is 4.53. The molecule has 0 saturated heterocycles. The first-order valence-electron chi connectivity index (χ1n) is 4.40. The van der Waals surface area contributed by atoms with E-state index in [2.05, 4.69) is 4.74 Å². The molecule has 0 atom stereocenters. The molecule has 0 saturated carbocycles. The third-order valence-electron chi connectivity index (χ3n) is 2.14. The highest BCUT2D eigenvalue weighted by Gasteiger charge is 2.31. The number of anilines is 2. The van der Waals surface area contributed by atoms with Gasteiger partial charge in [-0.1, -0.05) is 0 Å². The lowest BCUT2D eigenvalue weighted by molar-refractivity contribution is -0.391. The highest BCUT2D eigenvalue weighted by molar-refractivity contribution is 6.01. The summed E-state index contributed by atoms with van der Waals surface area (Å²) in [5.74, 6) is -1.03. The normalized spacial score (nSPS) is 9.83. The monoisotopic (exact) mass is 256 g/mol. The van der Waals surface area contributed by atoms with Crippen LogP contribution >= 0.6 is 0 Å². The minimum Gasteiger partial charge on any atom is -0.465 e. The predicted molar refractivity (Wildman–Crippen MR) is 59.9 cm³/mol. The van der Waals surface area contributed by atoms with Gasteiger partial charge in [-0.15, -0.1) is 0 Å². The molecule has 0 unspecified atom stereocenters. The van der Waals surface area contributed by atoms with Crippen molar-refractivity contribution in [3.63, 3.8) is 0 Å². The Bertz CT molecular complexity index is 555. The van der Waals surface area contributed by atoms with Gasteiger partial charge in [0.05, 0.1) is 22.5 Å². The van der Waals surface area contributed by atoms with E-state index in [1.807, 2.05) is 0 Å². The van der Waals surface area contributed by atoms with Crippen LogP contribution in [0.5, 0.6) is 0 Å². The van der Waals surface area contributed by atoms with Crippen LogP contribution in [0.4, 0.5) is 22.7 Å². The van der Waals surface area contributed by atoms with E-state index in [-0.39, 0.29) is 0 Å². The molecule has 0 fully saturated rings. The smallest absolute Gasteiger partial charge is 0.340 e. The summed E-state index contributed by atoms with van der Waals surface area (Å²) in [6.07, 6.45) is 0. The maximum atomic E-state index is 11.3. The number of carbonyl (C=O) groups excluding carboxylic acids is 1. The summed E-state index contributed by atoms with van der Waals surface area (Å²) in [6, 6.07) is 0.740. The first kappa shape index (κ1) is 13.2. The number of ether oxygens (including phenoxy) is 1. The van der Waals surface area contributed by atoms with Gasteiger partial charge in [0.2, 0.25) is 0 Å². The Hall–Kier alpha value is -2.91. The molecular weight excluding hydrogens is 248 g/mol. The van der Waals surface area contributed by atoms with Crippen molar-refractivity contribution in [2.24, 2.45) is 0 Å². The SMILES string of the molecule is COC(=O)c1cc([N+](=O)[O-])c(N)c([N+](=O)[O-])c1N. The van der Waals surface area contributed by atoms with Crippen molar-refractivity contribution < 1.29 is 19.4 Å². The fraction of sp³-hybridized carbons (Fsp3) is 0.125. The Morgan fingerprint density at radius 2 is 1.78 bits per heavy atom. The van der Waals surface area contributed by atoms with Crippen molar-refractivity contribution in [2.75, 3.05) is 18.6 Å². The summed E-state index contributed by atoms with van der Waals surface area (Å²) in [4.78, 5) is 30.8. The second-order valence-corrected chi connectivity index (χ2v) is 3.13. The standard InChI is InChI=1S/C8H8N4O6/c1-18-8(13)3-2-4(11(14)15)6(10)7(5(3)9)12(16)17/h2H,9-10H2,1H3. The van der Waals surface area contributed by atoms with Gasteiger partial charge in [0.1, 0.15) is 5.69 Å². The van der Waals surface area contributed by atoms with E-state index in [1.165, 1.54) is 0 Å². The average molecular weight is 256 g/mol. The summed E-state index contributed by atoms with van der Waals surface area (Å²) in [5.41, 5.74) is 7.23. The van der Waals surface area contributed by atoms with Crippen molar-refractivity contribution in [2.45, 2.75) is 0 Å². The molecule has 1 aromatic rings. The molecule has 1 aromatic carbocycles. The number of hydrogen-bond acceptors (Lipinski definition) is 8.